The Labute approximate surface area is 248 Å². The quantitative estimate of drug-likeness (QED) is 0.171. The van der Waals surface area contributed by atoms with Crippen LogP contribution in [-0.2, 0) is 0 Å². The molecule has 0 saturated heterocycles. The Bertz CT molecular complexity index is 2140. The fourth-order valence-corrected chi connectivity index (χ4v) is 7.45. The van der Waals surface area contributed by atoms with Gasteiger partial charge in [0.05, 0.1) is 11.6 Å². The fraction of sp³-hybridized carbons (Fsp3) is 0.0263. The van der Waals surface area contributed by atoms with Crippen LogP contribution in [0, 0.1) is 11.3 Å². The topological polar surface area (TPSA) is 39.1 Å². The summed E-state index contributed by atoms with van der Waals surface area (Å²) in [5.74, 6) is 0. The lowest BCUT2D eigenvalue weighted by Crippen LogP contribution is -2.36. The van der Waals surface area contributed by atoms with E-state index in [0.29, 0.717) is 5.56 Å². The fourth-order valence-electron chi connectivity index (χ4n) is 6.39. The minimum Gasteiger partial charge on any atom is -0.361 e. The molecule has 0 bridgehead atoms. The summed E-state index contributed by atoms with van der Waals surface area (Å²) in [6.07, 6.45) is 6.73. The number of rotatable bonds is 2. The number of hydrogen-bond acceptors (Lipinski definition) is 4. The number of hydrogen-bond donors (Lipinski definition) is 1. The van der Waals surface area contributed by atoms with Gasteiger partial charge in [-0.05, 0) is 79.4 Å². The van der Waals surface area contributed by atoms with Gasteiger partial charge in [0.25, 0.3) is 0 Å². The van der Waals surface area contributed by atoms with Crippen LogP contribution in [0.2, 0.25) is 0 Å². The Morgan fingerprint density at radius 2 is 1.26 bits per heavy atom. The summed E-state index contributed by atoms with van der Waals surface area (Å²) < 4.78 is 2.29. The maximum Gasteiger partial charge on any atom is 0.129 e. The SMILES string of the molecule is C=C1NC2C=CC(c3c4ccccc4c(-c4ccc(C#N)c5ccccc45)c4ccccc34)=CN2Sc2ccccc21. The van der Waals surface area contributed by atoms with Gasteiger partial charge < -0.3 is 5.32 Å². The highest BCUT2D eigenvalue weighted by molar-refractivity contribution is 7.97. The zero-order valence-electron chi connectivity index (χ0n) is 22.7. The van der Waals surface area contributed by atoms with Crippen LogP contribution in [0.15, 0.2) is 139 Å². The van der Waals surface area contributed by atoms with Crippen molar-refractivity contribution in [2.24, 2.45) is 0 Å². The molecule has 198 valence electrons. The van der Waals surface area contributed by atoms with Crippen molar-refractivity contribution in [2.45, 2.75) is 11.1 Å². The van der Waals surface area contributed by atoms with Gasteiger partial charge in [0, 0.05) is 27.7 Å². The van der Waals surface area contributed by atoms with E-state index in [0.717, 1.165) is 33.2 Å². The Balaban J connectivity index is 1.39. The van der Waals surface area contributed by atoms with Gasteiger partial charge in [0.2, 0.25) is 0 Å². The Kier molecular flexibility index (Phi) is 5.67. The van der Waals surface area contributed by atoms with E-state index in [4.69, 9.17) is 0 Å². The number of fused-ring (bicyclic) bond motifs is 5. The van der Waals surface area contributed by atoms with E-state index >= 15 is 0 Å². The molecular weight excluding hydrogens is 531 g/mol. The number of nitrogens with zero attached hydrogens (tertiary/aromatic N) is 2. The minimum atomic E-state index is 0.000430. The summed E-state index contributed by atoms with van der Waals surface area (Å²) in [7, 11) is 0. The molecule has 1 N–H and O–H groups in total. The van der Waals surface area contributed by atoms with Crippen LogP contribution in [0.4, 0.5) is 0 Å². The van der Waals surface area contributed by atoms with Gasteiger partial charge in [-0.25, -0.2) is 0 Å². The first kappa shape index (κ1) is 24.5. The third kappa shape index (κ3) is 3.75. The molecule has 1 atom stereocenters. The first-order chi connectivity index (χ1) is 20.7. The van der Waals surface area contributed by atoms with E-state index in [1.54, 1.807) is 11.9 Å². The largest absolute Gasteiger partial charge is 0.361 e. The third-order valence-electron chi connectivity index (χ3n) is 8.27. The molecule has 0 amide bonds. The van der Waals surface area contributed by atoms with Gasteiger partial charge in [-0.15, -0.1) is 0 Å². The molecule has 0 fully saturated rings. The Morgan fingerprint density at radius 1 is 0.667 bits per heavy atom. The van der Waals surface area contributed by atoms with Crippen molar-refractivity contribution in [3.63, 3.8) is 0 Å². The summed E-state index contributed by atoms with van der Waals surface area (Å²) in [4.78, 5) is 1.18. The van der Waals surface area contributed by atoms with Gasteiger partial charge in [-0.3, -0.25) is 4.31 Å². The minimum absolute atomic E-state index is 0.000430. The first-order valence-electron chi connectivity index (χ1n) is 14.0. The molecule has 8 rings (SSSR count). The molecule has 2 aliphatic rings. The monoisotopic (exact) mass is 555 g/mol. The molecule has 6 aromatic carbocycles. The summed E-state index contributed by atoms with van der Waals surface area (Å²) in [5, 5.41) is 20.3. The van der Waals surface area contributed by atoms with Crippen LogP contribution in [-0.4, -0.2) is 10.5 Å². The van der Waals surface area contributed by atoms with Crippen LogP contribution in [0.1, 0.15) is 16.7 Å². The molecule has 42 heavy (non-hydrogen) atoms. The lowest BCUT2D eigenvalue weighted by Gasteiger charge is -2.30. The molecule has 0 aromatic heterocycles. The van der Waals surface area contributed by atoms with E-state index in [1.165, 1.54) is 37.6 Å². The van der Waals surface area contributed by atoms with Gasteiger partial charge >= 0.3 is 0 Å². The lowest BCUT2D eigenvalue weighted by molar-refractivity contribution is 0.484. The van der Waals surface area contributed by atoms with E-state index in [2.05, 4.69) is 132 Å². The maximum atomic E-state index is 9.81. The van der Waals surface area contributed by atoms with E-state index in [-0.39, 0.29) is 6.17 Å². The zero-order chi connectivity index (χ0) is 28.2. The smallest absolute Gasteiger partial charge is 0.129 e. The van der Waals surface area contributed by atoms with Crippen molar-refractivity contribution in [1.29, 1.82) is 5.26 Å². The van der Waals surface area contributed by atoms with Crippen LogP contribution in [0.3, 0.4) is 0 Å². The third-order valence-corrected chi connectivity index (χ3v) is 9.37. The molecule has 0 radical (unpaired) electrons. The van der Waals surface area contributed by atoms with Gasteiger partial charge in [0.1, 0.15) is 6.17 Å². The van der Waals surface area contributed by atoms with E-state index in [1.807, 2.05) is 18.2 Å². The number of benzene rings is 6. The van der Waals surface area contributed by atoms with Crippen LogP contribution in [0.5, 0.6) is 0 Å². The standard InChI is InChI=1S/C38H25N3S/c1-24-27-10-8-9-17-35(27)42-41-23-26(19-21-36(41)40-24)37-30-13-4-6-15-32(30)38(33-16-7-5-14-31(33)37)34-20-18-25(22-39)28-11-2-3-12-29(28)34/h2-21,23,36,40H,1H2. The van der Waals surface area contributed by atoms with Gasteiger partial charge in [-0.2, -0.15) is 5.26 Å². The van der Waals surface area contributed by atoms with Crippen LogP contribution in [0.25, 0.3) is 54.7 Å². The van der Waals surface area contributed by atoms with Crippen molar-refractivity contribution >= 4 is 55.5 Å². The zero-order valence-corrected chi connectivity index (χ0v) is 23.5. The summed E-state index contributed by atoms with van der Waals surface area (Å²) in [5.41, 5.74) is 7.47. The molecule has 0 aliphatic carbocycles. The highest BCUT2D eigenvalue weighted by Gasteiger charge is 2.26. The normalized spacial score (nSPS) is 16.0. The lowest BCUT2D eigenvalue weighted by atomic mass is 9.84. The molecular formula is C38H25N3S. The van der Waals surface area contributed by atoms with Crippen molar-refractivity contribution in [3.05, 3.63) is 151 Å². The molecule has 3 nitrogen and oxygen atoms in total. The molecule has 2 heterocycles. The van der Waals surface area contributed by atoms with Crippen molar-refractivity contribution in [1.82, 2.24) is 9.62 Å². The average Bonchev–Trinajstić information content (AvgIpc) is 3.18. The van der Waals surface area contributed by atoms with Crippen LogP contribution < -0.4 is 5.32 Å². The molecule has 2 aliphatic heterocycles. The van der Waals surface area contributed by atoms with E-state index in [9.17, 15) is 5.26 Å². The van der Waals surface area contributed by atoms with Crippen molar-refractivity contribution in [3.8, 4) is 17.2 Å². The summed E-state index contributed by atoms with van der Waals surface area (Å²) >= 11 is 1.74. The molecule has 1 unspecified atom stereocenters. The van der Waals surface area contributed by atoms with Crippen LogP contribution >= 0.6 is 11.9 Å². The first-order valence-corrected chi connectivity index (χ1v) is 14.8. The summed E-state index contributed by atoms with van der Waals surface area (Å²) in [6, 6.07) is 40.5. The molecule has 0 saturated carbocycles. The second-order valence-corrected chi connectivity index (χ2v) is 11.7. The number of nitriles is 1. The summed E-state index contributed by atoms with van der Waals surface area (Å²) in [6.45, 7) is 4.31. The van der Waals surface area contributed by atoms with Gasteiger partial charge in [0.15, 0.2) is 0 Å². The highest BCUT2D eigenvalue weighted by atomic mass is 32.2. The van der Waals surface area contributed by atoms with Crippen molar-refractivity contribution < 1.29 is 0 Å². The highest BCUT2D eigenvalue weighted by Crippen LogP contribution is 2.46. The predicted octanol–water partition coefficient (Wildman–Crippen LogP) is 9.50. The van der Waals surface area contributed by atoms with Gasteiger partial charge in [-0.1, -0.05) is 110 Å². The molecule has 0 spiro atoms. The average molecular weight is 556 g/mol. The molecule has 6 aromatic rings. The maximum absolute atomic E-state index is 9.81. The molecule has 4 heteroatoms. The Morgan fingerprint density at radius 3 is 1.95 bits per heavy atom. The van der Waals surface area contributed by atoms with E-state index < -0.39 is 0 Å². The van der Waals surface area contributed by atoms with Crippen molar-refractivity contribution in [2.75, 3.05) is 0 Å². The predicted molar refractivity (Wildman–Crippen MR) is 176 cm³/mol. The second-order valence-electron chi connectivity index (χ2n) is 10.6. The Hall–Kier alpha value is -5.24. The number of allylic oxidation sites excluding steroid dienone is 2. The second kappa shape index (κ2) is 9.69. The number of nitrogens with one attached hydrogen (secondary N) is 1.